The van der Waals surface area contributed by atoms with Crippen molar-refractivity contribution in [1.29, 1.82) is 0 Å². The van der Waals surface area contributed by atoms with Crippen LogP contribution in [0.3, 0.4) is 0 Å². The number of carbonyl (C=O) groups is 1. The van der Waals surface area contributed by atoms with Crippen LogP contribution in [-0.2, 0) is 4.74 Å². The highest BCUT2D eigenvalue weighted by Gasteiger charge is 2.20. The summed E-state index contributed by atoms with van der Waals surface area (Å²) >= 11 is 1.29. The van der Waals surface area contributed by atoms with Gasteiger partial charge in [-0.25, -0.2) is 9.78 Å². The van der Waals surface area contributed by atoms with E-state index in [1.54, 1.807) is 6.20 Å². The molecule has 0 saturated carbocycles. The molecule has 16 heavy (non-hydrogen) atoms. The third kappa shape index (κ3) is 1.74. The van der Waals surface area contributed by atoms with Crippen LogP contribution in [-0.4, -0.2) is 24.7 Å². The van der Waals surface area contributed by atoms with Crippen molar-refractivity contribution in [2.24, 2.45) is 0 Å². The summed E-state index contributed by atoms with van der Waals surface area (Å²) in [6, 6.07) is 3.70. The first-order valence-corrected chi connectivity index (χ1v) is 5.68. The molecule has 0 radical (unpaired) electrons. The molecule has 2 heterocycles. The van der Waals surface area contributed by atoms with Gasteiger partial charge in [-0.15, -0.1) is 11.3 Å². The lowest BCUT2D eigenvalue weighted by Crippen LogP contribution is -2.02. The molecule has 2 rings (SSSR count). The summed E-state index contributed by atoms with van der Waals surface area (Å²) in [5.41, 5.74) is 0. The van der Waals surface area contributed by atoms with E-state index < -0.39 is 0 Å². The van der Waals surface area contributed by atoms with Gasteiger partial charge in [-0.3, -0.25) is 0 Å². The second-order valence-electron chi connectivity index (χ2n) is 3.04. The fourth-order valence-electron chi connectivity index (χ4n) is 1.42. The number of aromatic nitrogens is 1. The van der Waals surface area contributed by atoms with Crippen LogP contribution >= 0.6 is 11.3 Å². The van der Waals surface area contributed by atoms with Crippen molar-refractivity contribution in [3.05, 3.63) is 23.2 Å². The summed E-state index contributed by atoms with van der Waals surface area (Å²) in [7, 11) is 1.36. The Balaban J connectivity index is 2.62. The van der Waals surface area contributed by atoms with Crippen molar-refractivity contribution in [1.82, 2.24) is 4.98 Å². The lowest BCUT2D eigenvalue weighted by molar-refractivity contribution is 0.0602. The molecule has 2 aromatic rings. The first-order chi connectivity index (χ1) is 7.77. The van der Waals surface area contributed by atoms with Crippen molar-refractivity contribution in [2.75, 3.05) is 13.7 Å². The van der Waals surface area contributed by atoms with Crippen LogP contribution in [0.4, 0.5) is 0 Å². The van der Waals surface area contributed by atoms with Gasteiger partial charge in [0.15, 0.2) is 10.6 Å². The molecule has 0 spiro atoms. The first kappa shape index (κ1) is 10.9. The standard InChI is InChI=1S/C11H11NO3S/c1-3-15-8-7-5-4-6-12-10(7)16-9(8)11(13)14-2/h4-6H,3H2,1-2H3. The molecule has 0 atom stereocenters. The highest BCUT2D eigenvalue weighted by atomic mass is 32.1. The number of hydrogen-bond donors (Lipinski definition) is 0. The van der Waals surface area contributed by atoms with Gasteiger partial charge < -0.3 is 9.47 Å². The van der Waals surface area contributed by atoms with E-state index in [2.05, 4.69) is 4.98 Å². The Morgan fingerprint density at radius 3 is 3.06 bits per heavy atom. The number of esters is 1. The predicted molar refractivity (Wildman–Crippen MR) is 62.1 cm³/mol. The van der Waals surface area contributed by atoms with Gasteiger partial charge in [-0.05, 0) is 19.1 Å². The average Bonchev–Trinajstić information content (AvgIpc) is 2.68. The number of fused-ring (bicyclic) bond motifs is 1. The Bertz CT molecular complexity index is 521. The summed E-state index contributed by atoms with van der Waals surface area (Å²) in [5, 5.41) is 0.856. The number of hydrogen-bond acceptors (Lipinski definition) is 5. The van der Waals surface area contributed by atoms with E-state index in [1.807, 2.05) is 19.1 Å². The zero-order chi connectivity index (χ0) is 11.5. The van der Waals surface area contributed by atoms with Crippen LogP contribution in [0.1, 0.15) is 16.6 Å². The molecule has 0 bridgehead atoms. The molecule has 0 fully saturated rings. The molecule has 0 aromatic carbocycles. The maximum Gasteiger partial charge on any atom is 0.351 e. The molecule has 0 saturated heterocycles. The predicted octanol–water partition coefficient (Wildman–Crippen LogP) is 2.48. The Kier molecular flexibility index (Phi) is 3.05. The minimum absolute atomic E-state index is 0.383. The van der Waals surface area contributed by atoms with Gasteiger partial charge in [0.2, 0.25) is 0 Å². The molecule has 0 N–H and O–H groups in total. The molecule has 0 aliphatic rings. The molecule has 84 valence electrons. The van der Waals surface area contributed by atoms with Crippen molar-refractivity contribution in [3.63, 3.8) is 0 Å². The number of pyridine rings is 1. The highest BCUT2D eigenvalue weighted by molar-refractivity contribution is 7.20. The maximum absolute atomic E-state index is 11.6. The Morgan fingerprint density at radius 1 is 1.56 bits per heavy atom. The van der Waals surface area contributed by atoms with E-state index in [9.17, 15) is 4.79 Å². The van der Waals surface area contributed by atoms with Crippen molar-refractivity contribution >= 4 is 27.5 Å². The van der Waals surface area contributed by atoms with E-state index >= 15 is 0 Å². The van der Waals surface area contributed by atoms with Gasteiger partial charge in [-0.2, -0.15) is 0 Å². The average molecular weight is 237 g/mol. The molecule has 5 heteroatoms. The molecular formula is C11H11NO3S. The molecule has 0 unspecified atom stereocenters. The smallest absolute Gasteiger partial charge is 0.351 e. The summed E-state index contributed by atoms with van der Waals surface area (Å²) in [5.74, 6) is 0.189. The third-order valence-corrected chi connectivity index (χ3v) is 3.16. The van der Waals surface area contributed by atoms with Gasteiger partial charge >= 0.3 is 5.97 Å². The lowest BCUT2D eigenvalue weighted by Gasteiger charge is -2.03. The summed E-state index contributed by atoms with van der Waals surface area (Å²) < 4.78 is 10.2. The molecule has 0 aliphatic heterocycles. The minimum atomic E-state index is -0.383. The van der Waals surface area contributed by atoms with Crippen molar-refractivity contribution in [2.45, 2.75) is 6.92 Å². The fourth-order valence-corrected chi connectivity index (χ4v) is 2.43. The zero-order valence-electron chi connectivity index (χ0n) is 9.02. The van der Waals surface area contributed by atoms with Crippen LogP contribution in [0.5, 0.6) is 5.75 Å². The monoisotopic (exact) mass is 237 g/mol. The quantitative estimate of drug-likeness (QED) is 0.769. The number of thiophene rings is 1. The Hall–Kier alpha value is -1.62. The van der Waals surface area contributed by atoms with Gasteiger partial charge in [-0.1, -0.05) is 0 Å². The molecule has 0 amide bonds. The van der Waals surface area contributed by atoms with E-state index in [-0.39, 0.29) is 5.97 Å². The van der Waals surface area contributed by atoms with Gasteiger partial charge in [0, 0.05) is 6.20 Å². The van der Waals surface area contributed by atoms with Crippen LogP contribution in [0.2, 0.25) is 0 Å². The SMILES string of the molecule is CCOc1c(C(=O)OC)sc2ncccc12. The topological polar surface area (TPSA) is 48.4 Å². The largest absolute Gasteiger partial charge is 0.491 e. The van der Waals surface area contributed by atoms with E-state index in [4.69, 9.17) is 9.47 Å². The van der Waals surface area contributed by atoms with Gasteiger partial charge in [0.25, 0.3) is 0 Å². The highest BCUT2D eigenvalue weighted by Crippen LogP contribution is 2.36. The Labute approximate surface area is 96.8 Å². The molecule has 2 aromatic heterocycles. The minimum Gasteiger partial charge on any atom is -0.491 e. The first-order valence-electron chi connectivity index (χ1n) is 4.86. The second-order valence-corrected chi connectivity index (χ2v) is 4.04. The van der Waals surface area contributed by atoms with Crippen LogP contribution in [0.25, 0.3) is 10.2 Å². The number of ether oxygens (including phenoxy) is 2. The normalized spacial score (nSPS) is 10.4. The molecule has 4 nitrogen and oxygen atoms in total. The van der Waals surface area contributed by atoms with Crippen LogP contribution < -0.4 is 4.74 Å². The van der Waals surface area contributed by atoms with Crippen LogP contribution in [0.15, 0.2) is 18.3 Å². The van der Waals surface area contributed by atoms with Crippen molar-refractivity contribution < 1.29 is 14.3 Å². The van der Waals surface area contributed by atoms with Gasteiger partial charge in [0.05, 0.1) is 19.1 Å². The van der Waals surface area contributed by atoms with E-state index in [0.717, 1.165) is 10.2 Å². The zero-order valence-corrected chi connectivity index (χ0v) is 9.84. The summed E-state index contributed by atoms with van der Waals surface area (Å²) in [6.07, 6.45) is 1.69. The van der Waals surface area contributed by atoms with Crippen LogP contribution in [0, 0.1) is 0 Å². The number of methoxy groups -OCH3 is 1. The van der Waals surface area contributed by atoms with Crippen molar-refractivity contribution in [3.8, 4) is 5.75 Å². The third-order valence-electron chi connectivity index (χ3n) is 2.08. The van der Waals surface area contributed by atoms with E-state index in [1.165, 1.54) is 18.4 Å². The second kappa shape index (κ2) is 4.49. The summed E-state index contributed by atoms with van der Waals surface area (Å²) in [4.78, 5) is 17.0. The lowest BCUT2D eigenvalue weighted by atomic mass is 10.3. The van der Waals surface area contributed by atoms with Gasteiger partial charge in [0.1, 0.15) is 4.83 Å². The molecular weight excluding hydrogens is 226 g/mol. The molecule has 0 aliphatic carbocycles. The Morgan fingerprint density at radius 2 is 2.38 bits per heavy atom. The number of rotatable bonds is 3. The number of carbonyl (C=O) groups excluding carboxylic acids is 1. The fraction of sp³-hybridized carbons (Fsp3) is 0.273. The summed E-state index contributed by atoms with van der Waals surface area (Å²) in [6.45, 7) is 2.38. The number of nitrogens with zero attached hydrogens (tertiary/aromatic N) is 1. The van der Waals surface area contributed by atoms with E-state index in [0.29, 0.717) is 17.2 Å². The maximum atomic E-state index is 11.6.